The Bertz CT molecular complexity index is 371. The van der Waals surface area contributed by atoms with Gasteiger partial charge in [0.25, 0.3) is 0 Å². The summed E-state index contributed by atoms with van der Waals surface area (Å²) in [5, 5.41) is 0. The maximum atomic E-state index is 12.0. The zero-order chi connectivity index (χ0) is 12.8. The Morgan fingerprint density at radius 2 is 1.83 bits per heavy atom. The third kappa shape index (κ3) is 3.84. The number of piperidine rings is 1. The van der Waals surface area contributed by atoms with Crippen LogP contribution in [0.3, 0.4) is 0 Å². The third-order valence-corrected chi connectivity index (χ3v) is 3.49. The molecule has 2 N–H and O–H groups in total. The van der Waals surface area contributed by atoms with E-state index in [1.807, 2.05) is 23.1 Å². The van der Waals surface area contributed by atoms with Crippen LogP contribution in [0.1, 0.15) is 31.2 Å². The molecule has 0 bridgehead atoms. The number of carbonyl (C=O) groups excluding carboxylic acids is 1. The van der Waals surface area contributed by atoms with Gasteiger partial charge in [-0.2, -0.15) is 0 Å². The van der Waals surface area contributed by atoms with Gasteiger partial charge in [0.15, 0.2) is 0 Å². The first-order valence-corrected chi connectivity index (χ1v) is 6.83. The van der Waals surface area contributed by atoms with Crippen molar-refractivity contribution in [3.05, 3.63) is 35.9 Å². The van der Waals surface area contributed by atoms with E-state index in [-0.39, 0.29) is 11.9 Å². The number of carbonyl (C=O) groups is 1. The highest BCUT2D eigenvalue weighted by molar-refractivity contribution is 5.76. The average Bonchev–Trinajstić information content (AvgIpc) is 2.40. The van der Waals surface area contributed by atoms with Crippen molar-refractivity contribution in [3.8, 4) is 0 Å². The smallest absolute Gasteiger partial charge is 0.224 e. The molecule has 1 fully saturated rings. The molecular weight excluding hydrogens is 224 g/mol. The summed E-state index contributed by atoms with van der Waals surface area (Å²) in [4.78, 5) is 14.0. The number of nitrogens with zero attached hydrogens (tertiary/aromatic N) is 1. The zero-order valence-electron chi connectivity index (χ0n) is 10.8. The number of benzene rings is 1. The number of hydrogen-bond acceptors (Lipinski definition) is 2. The highest BCUT2D eigenvalue weighted by atomic mass is 16.2. The first-order chi connectivity index (χ1) is 8.75. The Hall–Kier alpha value is -1.35. The fourth-order valence-electron chi connectivity index (χ4n) is 2.49. The minimum atomic E-state index is -0.0678. The molecule has 1 aliphatic heterocycles. The quantitative estimate of drug-likeness (QED) is 0.882. The lowest BCUT2D eigenvalue weighted by Crippen LogP contribution is -2.39. The minimum absolute atomic E-state index is 0.0678. The van der Waals surface area contributed by atoms with Crippen LogP contribution in [0, 0.1) is 0 Å². The summed E-state index contributed by atoms with van der Waals surface area (Å²) in [5.41, 5.74) is 7.27. The summed E-state index contributed by atoms with van der Waals surface area (Å²) in [6, 6.07) is 10.1. The van der Waals surface area contributed by atoms with E-state index in [0.717, 1.165) is 32.4 Å². The van der Waals surface area contributed by atoms with Crippen molar-refractivity contribution >= 4 is 5.91 Å². The molecule has 2 rings (SSSR count). The van der Waals surface area contributed by atoms with Gasteiger partial charge in [-0.1, -0.05) is 30.3 Å². The van der Waals surface area contributed by atoms with Crippen LogP contribution in [0.4, 0.5) is 0 Å². The molecule has 3 nitrogen and oxygen atoms in total. The molecule has 1 heterocycles. The Morgan fingerprint density at radius 3 is 2.50 bits per heavy atom. The lowest BCUT2D eigenvalue weighted by atomic mass is 10.0. The van der Waals surface area contributed by atoms with Crippen molar-refractivity contribution < 1.29 is 4.79 Å². The maximum absolute atomic E-state index is 12.0. The molecule has 0 radical (unpaired) electrons. The fourth-order valence-corrected chi connectivity index (χ4v) is 2.49. The van der Waals surface area contributed by atoms with Crippen LogP contribution in [-0.2, 0) is 11.2 Å². The molecule has 1 saturated heterocycles. The number of amides is 1. The number of hydrogen-bond donors (Lipinski definition) is 1. The van der Waals surface area contributed by atoms with Gasteiger partial charge in [-0.05, 0) is 31.2 Å². The van der Waals surface area contributed by atoms with E-state index in [0.29, 0.717) is 6.42 Å². The Kier molecular flexibility index (Phi) is 4.76. The van der Waals surface area contributed by atoms with E-state index in [1.165, 1.54) is 12.0 Å². The monoisotopic (exact) mass is 246 g/mol. The highest BCUT2D eigenvalue weighted by Gasteiger charge is 2.18. The van der Waals surface area contributed by atoms with Crippen LogP contribution in [0.5, 0.6) is 0 Å². The van der Waals surface area contributed by atoms with E-state index in [9.17, 15) is 4.79 Å². The van der Waals surface area contributed by atoms with Crippen LogP contribution < -0.4 is 5.73 Å². The molecule has 3 heteroatoms. The molecule has 1 aromatic rings. The molecule has 1 atom stereocenters. The molecule has 18 heavy (non-hydrogen) atoms. The van der Waals surface area contributed by atoms with E-state index < -0.39 is 0 Å². The Morgan fingerprint density at radius 1 is 1.17 bits per heavy atom. The van der Waals surface area contributed by atoms with E-state index >= 15 is 0 Å². The fraction of sp³-hybridized carbons (Fsp3) is 0.533. The first-order valence-electron chi connectivity index (χ1n) is 6.83. The first kappa shape index (κ1) is 13.1. The average molecular weight is 246 g/mol. The van der Waals surface area contributed by atoms with E-state index in [1.54, 1.807) is 0 Å². The largest absolute Gasteiger partial charge is 0.343 e. The van der Waals surface area contributed by atoms with Gasteiger partial charge in [-0.25, -0.2) is 0 Å². The predicted molar refractivity (Wildman–Crippen MR) is 73.2 cm³/mol. The van der Waals surface area contributed by atoms with E-state index in [2.05, 4.69) is 12.1 Å². The molecule has 0 aromatic heterocycles. The Labute approximate surface area is 109 Å². The van der Waals surface area contributed by atoms with Crippen molar-refractivity contribution in [2.24, 2.45) is 5.73 Å². The van der Waals surface area contributed by atoms with Crippen LogP contribution in [0.2, 0.25) is 0 Å². The molecule has 1 unspecified atom stereocenters. The van der Waals surface area contributed by atoms with Gasteiger partial charge >= 0.3 is 0 Å². The number of likely N-dealkylation sites (tertiary alicyclic amines) is 1. The predicted octanol–water partition coefficient (Wildman–Crippen LogP) is 1.96. The van der Waals surface area contributed by atoms with Gasteiger partial charge in [-0.15, -0.1) is 0 Å². The standard InChI is InChI=1S/C15H22N2O/c16-14(11-13-7-3-1-4-8-13)12-15(18)17-9-5-2-6-10-17/h1,3-4,7-8,14H,2,5-6,9-12,16H2. The summed E-state index contributed by atoms with van der Waals surface area (Å²) in [5.74, 6) is 0.220. The number of nitrogens with two attached hydrogens (primary N) is 1. The minimum Gasteiger partial charge on any atom is -0.343 e. The van der Waals surface area contributed by atoms with Gasteiger partial charge in [-0.3, -0.25) is 4.79 Å². The normalized spacial score (nSPS) is 17.5. The van der Waals surface area contributed by atoms with Crippen LogP contribution >= 0.6 is 0 Å². The maximum Gasteiger partial charge on any atom is 0.224 e. The summed E-state index contributed by atoms with van der Waals surface area (Å²) >= 11 is 0. The third-order valence-electron chi connectivity index (χ3n) is 3.49. The Balaban J connectivity index is 1.79. The van der Waals surface area contributed by atoms with E-state index in [4.69, 9.17) is 5.73 Å². The molecule has 0 spiro atoms. The summed E-state index contributed by atoms with van der Waals surface area (Å²) in [6.45, 7) is 1.83. The topological polar surface area (TPSA) is 46.3 Å². The molecule has 0 aliphatic carbocycles. The van der Waals surface area contributed by atoms with Crippen molar-refractivity contribution in [2.75, 3.05) is 13.1 Å². The van der Waals surface area contributed by atoms with Crippen molar-refractivity contribution in [1.82, 2.24) is 4.90 Å². The lowest BCUT2D eigenvalue weighted by Gasteiger charge is -2.27. The van der Waals surface area contributed by atoms with Gasteiger partial charge in [0.2, 0.25) is 5.91 Å². The van der Waals surface area contributed by atoms with Gasteiger partial charge in [0.05, 0.1) is 0 Å². The van der Waals surface area contributed by atoms with Crippen LogP contribution in [0.25, 0.3) is 0 Å². The second-order valence-electron chi connectivity index (χ2n) is 5.10. The highest BCUT2D eigenvalue weighted by Crippen LogP contribution is 2.11. The van der Waals surface area contributed by atoms with Gasteiger partial charge in [0, 0.05) is 25.6 Å². The molecule has 98 valence electrons. The van der Waals surface area contributed by atoms with Crippen LogP contribution in [-0.4, -0.2) is 29.9 Å². The second kappa shape index (κ2) is 6.55. The van der Waals surface area contributed by atoms with Gasteiger partial charge < -0.3 is 10.6 Å². The summed E-state index contributed by atoms with van der Waals surface area (Å²) < 4.78 is 0. The molecule has 1 aromatic carbocycles. The number of rotatable bonds is 4. The molecular formula is C15H22N2O. The van der Waals surface area contributed by atoms with Crippen molar-refractivity contribution in [2.45, 2.75) is 38.1 Å². The van der Waals surface area contributed by atoms with Crippen molar-refractivity contribution in [3.63, 3.8) is 0 Å². The SMILES string of the molecule is NC(CC(=O)N1CCCCC1)Cc1ccccc1. The zero-order valence-corrected chi connectivity index (χ0v) is 10.8. The molecule has 0 saturated carbocycles. The second-order valence-corrected chi connectivity index (χ2v) is 5.10. The lowest BCUT2D eigenvalue weighted by molar-refractivity contribution is -0.132. The molecule has 1 amide bonds. The molecule has 1 aliphatic rings. The summed E-state index contributed by atoms with van der Waals surface area (Å²) in [7, 11) is 0. The van der Waals surface area contributed by atoms with Crippen LogP contribution in [0.15, 0.2) is 30.3 Å². The van der Waals surface area contributed by atoms with Gasteiger partial charge in [0.1, 0.15) is 0 Å². The van der Waals surface area contributed by atoms with Crippen molar-refractivity contribution in [1.29, 1.82) is 0 Å². The summed E-state index contributed by atoms with van der Waals surface area (Å²) in [6.07, 6.45) is 4.77.